The highest BCUT2D eigenvalue weighted by Gasteiger charge is 2.16. The first-order valence-electron chi connectivity index (χ1n) is 6.25. The second kappa shape index (κ2) is 5.10. The van der Waals surface area contributed by atoms with E-state index in [0.29, 0.717) is 17.1 Å². The van der Waals surface area contributed by atoms with Crippen LogP contribution in [0.2, 0.25) is 5.02 Å². The molecule has 20 heavy (non-hydrogen) atoms. The van der Waals surface area contributed by atoms with E-state index in [4.69, 9.17) is 11.6 Å². The summed E-state index contributed by atoms with van der Waals surface area (Å²) in [6.07, 6.45) is 3.61. The zero-order chi connectivity index (χ0) is 14.1. The van der Waals surface area contributed by atoms with Crippen molar-refractivity contribution in [1.82, 2.24) is 4.57 Å². The molecule has 0 fully saturated rings. The largest absolute Gasteiger partial charge is 0.249 e. The molecule has 3 rings (SSSR count). The van der Waals surface area contributed by atoms with Crippen LogP contribution in [0.3, 0.4) is 0 Å². The molecule has 100 valence electrons. The standard InChI is InChI=1S/C16H13ClFN2/c1-2-19-11-20(16-9-4-3-8-15(16)19)10-12-13(17)6-5-7-14(12)18/h2-9,11H,1,10H2/q+1. The third-order valence-electron chi connectivity index (χ3n) is 3.32. The Kier molecular flexibility index (Phi) is 3.28. The molecule has 0 spiro atoms. The van der Waals surface area contributed by atoms with Crippen LogP contribution in [0.25, 0.3) is 17.2 Å². The van der Waals surface area contributed by atoms with Crippen molar-refractivity contribution in [3.63, 3.8) is 0 Å². The number of fused-ring (bicyclic) bond motifs is 1. The molecule has 0 unspecified atom stereocenters. The minimum Gasteiger partial charge on any atom is -0.225 e. The minimum absolute atomic E-state index is 0.291. The summed E-state index contributed by atoms with van der Waals surface area (Å²) in [5.74, 6) is -0.291. The summed E-state index contributed by atoms with van der Waals surface area (Å²) in [5, 5.41) is 0.438. The summed E-state index contributed by atoms with van der Waals surface area (Å²) >= 11 is 6.09. The quantitative estimate of drug-likeness (QED) is 0.647. The number of benzene rings is 2. The van der Waals surface area contributed by atoms with E-state index in [1.807, 2.05) is 39.7 Å². The highest BCUT2D eigenvalue weighted by molar-refractivity contribution is 6.31. The molecule has 0 aliphatic heterocycles. The SMILES string of the molecule is C=Cn1c[n+](Cc2c(F)cccc2Cl)c2ccccc21. The van der Waals surface area contributed by atoms with Crippen LogP contribution >= 0.6 is 11.6 Å². The van der Waals surface area contributed by atoms with Crippen LogP contribution in [0.5, 0.6) is 0 Å². The van der Waals surface area contributed by atoms with Crippen molar-refractivity contribution >= 4 is 28.8 Å². The van der Waals surface area contributed by atoms with Crippen LogP contribution in [-0.2, 0) is 6.54 Å². The summed E-state index contributed by atoms with van der Waals surface area (Å²) in [4.78, 5) is 0. The van der Waals surface area contributed by atoms with Crippen molar-refractivity contribution in [3.8, 4) is 0 Å². The lowest BCUT2D eigenvalue weighted by molar-refractivity contribution is -0.663. The fourth-order valence-electron chi connectivity index (χ4n) is 2.33. The van der Waals surface area contributed by atoms with Gasteiger partial charge in [0.25, 0.3) is 0 Å². The van der Waals surface area contributed by atoms with Crippen molar-refractivity contribution in [2.24, 2.45) is 0 Å². The summed E-state index contributed by atoms with van der Waals surface area (Å²) in [5.41, 5.74) is 2.52. The molecule has 0 radical (unpaired) electrons. The van der Waals surface area contributed by atoms with Gasteiger partial charge in [0.2, 0.25) is 6.33 Å². The highest BCUT2D eigenvalue weighted by Crippen LogP contribution is 2.19. The molecule has 1 aromatic heterocycles. The van der Waals surface area contributed by atoms with E-state index in [0.717, 1.165) is 11.0 Å². The Hall–Kier alpha value is -2.13. The lowest BCUT2D eigenvalue weighted by Crippen LogP contribution is -2.33. The van der Waals surface area contributed by atoms with Crippen molar-refractivity contribution < 1.29 is 8.96 Å². The van der Waals surface area contributed by atoms with Gasteiger partial charge in [-0.15, -0.1) is 0 Å². The van der Waals surface area contributed by atoms with E-state index in [2.05, 4.69) is 6.58 Å². The number of imidazole rings is 1. The molecule has 3 aromatic rings. The molecule has 0 saturated heterocycles. The second-order valence-corrected chi connectivity index (χ2v) is 4.93. The first-order valence-corrected chi connectivity index (χ1v) is 6.63. The summed E-state index contributed by atoms with van der Waals surface area (Å²) in [6, 6.07) is 12.6. The zero-order valence-corrected chi connectivity index (χ0v) is 11.5. The van der Waals surface area contributed by atoms with Crippen LogP contribution < -0.4 is 4.57 Å². The molecule has 0 atom stereocenters. The van der Waals surface area contributed by atoms with Crippen LogP contribution in [0.1, 0.15) is 5.56 Å². The van der Waals surface area contributed by atoms with E-state index in [1.165, 1.54) is 6.07 Å². The van der Waals surface area contributed by atoms with Crippen molar-refractivity contribution in [2.45, 2.75) is 6.54 Å². The van der Waals surface area contributed by atoms with E-state index >= 15 is 0 Å². The maximum Gasteiger partial charge on any atom is 0.249 e. The molecule has 2 aromatic carbocycles. The van der Waals surface area contributed by atoms with Gasteiger partial charge < -0.3 is 0 Å². The Labute approximate surface area is 121 Å². The number of hydrogen-bond acceptors (Lipinski definition) is 0. The third kappa shape index (κ3) is 2.10. The number of aromatic nitrogens is 2. The molecular formula is C16H13ClFN2+. The third-order valence-corrected chi connectivity index (χ3v) is 3.67. The molecule has 0 N–H and O–H groups in total. The molecule has 4 heteroatoms. The van der Waals surface area contributed by atoms with Gasteiger partial charge in [-0.25, -0.2) is 13.5 Å². The smallest absolute Gasteiger partial charge is 0.225 e. The molecule has 0 bridgehead atoms. The van der Waals surface area contributed by atoms with E-state index in [9.17, 15) is 4.39 Å². The number of para-hydroxylation sites is 2. The Bertz CT molecular complexity index is 772. The first-order chi connectivity index (χ1) is 9.70. The molecule has 0 aliphatic rings. The lowest BCUT2D eigenvalue weighted by Gasteiger charge is -2.03. The monoisotopic (exact) mass is 287 g/mol. The van der Waals surface area contributed by atoms with Crippen molar-refractivity contribution in [1.29, 1.82) is 0 Å². The number of nitrogens with zero attached hydrogens (tertiary/aromatic N) is 2. The van der Waals surface area contributed by atoms with Gasteiger partial charge in [0.1, 0.15) is 12.4 Å². The molecule has 0 aliphatic carbocycles. The molecule has 0 amide bonds. The fraction of sp³-hybridized carbons (Fsp3) is 0.0625. The Morgan fingerprint density at radius 3 is 2.75 bits per heavy atom. The maximum absolute atomic E-state index is 13.9. The predicted molar refractivity (Wildman–Crippen MR) is 79.0 cm³/mol. The summed E-state index contributed by atoms with van der Waals surface area (Å²) in [7, 11) is 0. The predicted octanol–water partition coefficient (Wildman–Crippen LogP) is 3.87. The van der Waals surface area contributed by atoms with Gasteiger partial charge in [0, 0.05) is 5.56 Å². The number of hydrogen-bond donors (Lipinski definition) is 0. The van der Waals surface area contributed by atoms with E-state index in [1.54, 1.807) is 18.3 Å². The Balaban J connectivity index is 2.14. The fourth-order valence-corrected chi connectivity index (χ4v) is 2.55. The van der Waals surface area contributed by atoms with E-state index < -0.39 is 0 Å². The molecule has 0 saturated carbocycles. The normalized spacial score (nSPS) is 10.9. The highest BCUT2D eigenvalue weighted by atomic mass is 35.5. The second-order valence-electron chi connectivity index (χ2n) is 4.52. The van der Waals surface area contributed by atoms with Gasteiger partial charge in [-0.05, 0) is 24.3 Å². The van der Waals surface area contributed by atoms with Crippen LogP contribution in [0, 0.1) is 5.82 Å². The Morgan fingerprint density at radius 2 is 2.00 bits per heavy atom. The average molecular weight is 288 g/mol. The van der Waals surface area contributed by atoms with Crippen molar-refractivity contribution in [2.75, 3.05) is 0 Å². The van der Waals surface area contributed by atoms with Crippen LogP contribution in [0.15, 0.2) is 55.4 Å². The zero-order valence-electron chi connectivity index (χ0n) is 10.8. The number of halogens is 2. The maximum atomic E-state index is 13.9. The first kappa shape index (κ1) is 12.9. The lowest BCUT2D eigenvalue weighted by atomic mass is 10.2. The van der Waals surface area contributed by atoms with Crippen LogP contribution in [-0.4, -0.2) is 4.57 Å². The molecule has 1 heterocycles. The van der Waals surface area contributed by atoms with Gasteiger partial charge in [-0.1, -0.05) is 36.4 Å². The van der Waals surface area contributed by atoms with Gasteiger partial charge >= 0.3 is 0 Å². The van der Waals surface area contributed by atoms with Gasteiger partial charge in [0.15, 0.2) is 11.0 Å². The van der Waals surface area contributed by atoms with Gasteiger partial charge in [0.05, 0.1) is 11.2 Å². The van der Waals surface area contributed by atoms with Crippen molar-refractivity contribution in [3.05, 3.63) is 71.8 Å². The molecular weight excluding hydrogens is 275 g/mol. The van der Waals surface area contributed by atoms with Gasteiger partial charge in [-0.2, -0.15) is 0 Å². The molecule has 2 nitrogen and oxygen atoms in total. The average Bonchev–Trinajstić information content (AvgIpc) is 2.81. The Morgan fingerprint density at radius 1 is 1.20 bits per heavy atom. The van der Waals surface area contributed by atoms with Crippen LogP contribution in [0.4, 0.5) is 4.39 Å². The minimum atomic E-state index is -0.291. The van der Waals surface area contributed by atoms with Gasteiger partial charge in [-0.3, -0.25) is 0 Å². The number of rotatable bonds is 3. The topological polar surface area (TPSA) is 8.81 Å². The summed E-state index contributed by atoms with van der Waals surface area (Å²) < 4.78 is 17.8. The summed E-state index contributed by atoms with van der Waals surface area (Å²) in [6.45, 7) is 4.17. The van der Waals surface area contributed by atoms with E-state index in [-0.39, 0.29) is 5.82 Å².